The van der Waals surface area contributed by atoms with E-state index in [2.05, 4.69) is 33.6 Å². The van der Waals surface area contributed by atoms with Gasteiger partial charge in [-0.2, -0.15) is 12.6 Å². The number of aliphatic imine (C=N–C) groups is 1. The lowest BCUT2D eigenvalue weighted by molar-refractivity contribution is -0.141. The van der Waals surface area contributed by atoms with Gasteiger partial charge in [0, 0.05) is 12.3 Å². The molecule has 0 aliphatic heterocycles. The summed E-state index contributed by atoms with van der Waals surface area (Å²) in [6, 6.07) is -2.91. The Balaban J connectivity index is 4.72. The minimum atomic E-state index is -1.23. The summed E-state index contributed by atoms with van der Waals surface area (Å²) in [6.45, 7) is 3.64. The van der Waals surface area contributed by atoms with Crippen LogP contribution in [0.5, 0.6) is 0 Å². The molecule has 0 aromatic heterocycles. The Hall–Kier alpha value is -2.54. The number of carboxylic acid groups (broad SMARTS) is 1. The van der Waals surface area contributed by atoms with Crippen LogP contribution in [0.1, 0.15) is 33.1 Å². The number of hydrogen-bond acceptors (Lipinski definition) is 7. The van der Waals surface area contributed by atoms with Gasteiger partial charge in [0.1, 0.15) is 12.1 Å². The Labute approximate surface area is 181 Å². The first-order valence-corrected chi connectivity index (χ1v) is 10.1. The summed E-state index contributed by atoms with van der Waals surface area (Å²) in [7, 11) is 0. The third-order valence-corrected chi connectivity index (χ3v) is 4.25. The summed E-state index contributed by atoms with van der Waals surface area (Å²) >= 11 is 3.84. The van der Waals surface area contributed by atoms with Gasteiger partial charge in [-0.1, -0.05) is 13.8 Å². The van der Waals surface area contributed by atoms with E-state index in [9.17, 15) is 19.2 Å². The zero-order chi connectivity index (χ0) is 23.3. The highest BCUT2D eigenvalue weighted by Crippen LogP contribution is 2.06. The number of rotatable bonds is 14. The van der Waals surface area contributed by atoms with Crippen molar-refractivity contribution < 1.29 is 24.3 Å². The van der Waals surface area contributed by atoms with Gasteiger partial charge in [0.25, 0.3) is 0 Å². The second-order valence-electron chi connectivity index (χ2n) is 7.10. The van der Waals surface area contributed by atoms with Crippen LogP contribution in [-0.2, 0) is 19.2 Å². The molecule has 0 saturated carbocycles. The molecule has 0 fully saturated rings. The number of thiol groups is 1. The molecule has 0 aromatic rings. The van der Waals surface area contributed by atoms with Gasteiger partial charge in [0.2, 0.25) is 17.7 Å². The van der Waals surface area contributed by atoms with E-state index in [1.165, 1.54) is 0 Å². The van der Waals surface area contributed by atoms with Crippen molar-refractivity contribution in [2.24, 2.45) is 28.1 Å². The Kier molecular flexibility index (Phi) is 13.2. The monoisotopic (exact) mass is 447 g/mol. The Morgan fingerprint density at radius 3 is 2.20 bits per heavy atom. The molecule has 0 spiro atoms. The van der Waals surface area contributed by atoms with E-state index < -0.39 is 48.4 Å². The highest BCUT2D eigenvalue weighted by atomic mass is 32.1. The summed E-state index contributed by atoms with van der Waals surface area (Å²) in [4.78, 5) is 51.3. The van der Waals surface area contributed by atoms with Gasteiger partial charge in [-0.15, -0.1) is 0 Å². The van der Waals surface area contributed by atoms with E-state index in [0.717, 1.165) is 0 Å². The van der Waals surface area contributed by atoms with E-state index >= 15 is 0 Å². The van der Waals surface area contributed by atoms with Crippen molar-refractivity contribution in [1.29, 1.82) is 0 Å². The van der Waals surface area contributed by atoms with Crippen LogP contribution in [0.2, 0.25) is 0 Å². The number of carboxylic acids is 1. The molecular formula is C17H33N7O5S. The predicted molar refractivity (Wildman–Crippen MR) is 116 cm³/mol. The first-order valence-electron chi connectivity index (χ1n) is 9.50. The average Bonchev–Trinajstić information content (AvgIpc) is 2.65. The number of hydrogen-bond donors (Lipinski definition) is 8. The largest absolute Gasteiger partial charge is 0.480 e. The normalized spacial score (nSPS) is 13.6. The van der Waals surface area contributed by atoms with E-state index in [4.69, 9.17) is 22.3 Å². The second kappa shape index (κ2) is 14.4. The molecule has 0 rings (SSSR count). The molecule has 12 nitrogen and oxygen atoms in total. The molecule has 3 amide bonds. The number of carbonyl (C=O) groups is 4. The molecule has 30 heavy (non-hydrogen) atoms. The first-order chi connectivity index (χ1) is 14.0. The van der Waals surface area contributed by atoms with Crippen LogP contribution >= 0.6 is 12.6 Å². The first kappa shape index (κ1) is 27.5. The van der Waals surface area contributed by atoms with Gasteiger partial charge in [0.05, 0.1) is 12.6 Å². The molecule has 0 heterocycles. The molecule has 172 valence electrons. The third kappa shape index (κ3) is 12.1. The molecule has 10 N–H and O–H groups in total. The van der Waals surface area contributed by atoms with E-state index in [0.29, 0.717) is 25.8 Å². The summed E-state index contributed by atoms with van der Waals surface area (Å²) in [6.07, 6.45) is 1.14. The highest BCUT2D eigenvalue weighted by Gasteiger charge is 2.25. The zero-order valence-corrected chi connectivity index (χ0v) is 18.2. The number of aliphatic carboxylic acids is 1. The fourth-order valence-electron chi connectivity index (χ4n) is 2.35. The SMILES string of the molecule is CC(C)CC(NC(=O)C(N)CCCN=C(N)N)C(=O)NCC(=O)NC(CS)C(=O)O. The minimum absolute atomic E-state index is 0.0465. The van der Waals surface area contributed by atoms with Crippen molar-refractivity contribution >= 4 is 42.3 Å². The molecule has 0 aliphatic carbocycles. The van der Waals surface area contributed by atoms with Crippen molar-refractivity contribution in [1.82, 2.24) is 16.0 Å². The number of guanidine groups is 1. The van der Waals surface area contributed by atoms with Gasteiger partial charge < -0.3 is 38.3 Å². The molecule has 3 unspecified atom stereocenters. The average molecular weight is 448 g/mol. The molecule has 3 atom stereocenters. The quantitative estimate of drug-likeness (QED) is 0.0615. The third-order valence-electron chi connectivity index (χ3n) is 3.88. The van der Waals surface area contributed by atoms with Crippen LogP contribution < -0.4 is 33.2 Å². The van der Waals surface area contributed by atoms with Gasteiger partial charge >= 0.3 is 5.97 Å². The van der Waals surface area contributed by atoms with Gasteiger partial charge in [-0.25, -0.2) is 4.79 Å². The van der Waals surface area contributed by atoms with Crippen LogP contribution in [0.25, 0.3) is 0 Å². The van der Waals surface area contributed by atoms with E-state index in [1.807, 2.05) is 13.8 Å². The number of nitrogens with zero attached hydrogens (tertiary/aromatic N) is 1. The molecule has 13 heteroatoms. The lowest BCUT2D eigenvalue weighted by Crippen LogP contribution is -2.54. The molecule has 0 aromatic carbocycles. The highest BCUT2D eigenvalue weighted by molar-refractivity contribution is 7.80. The fraction of sp³-hybridized carbons (Fsp3) is 0.706. The summed E-state index contributed by atoms with van der Waals surface area (Å²) < 4.78 is 0. The molecular weight excluding hydrogens is 414 g/mol. The van der Waals surface area contributed by atoms with Crippen molar-refractivity contribution in [3.05, 3.63) is 0 Å². The Bertz CT molecular complexity index is 626. The van der Waals surface area contributed by atoms with E-state index in [-0.39, 0.29) is 17.6 Å². The van der Waals surface area contributed by atoms with Crippen molar-refractivity contribution in [2.45, 2.75) is 51.2 Å². The fourth-order valence-corrected chi connectivity index (χ4v) is 2.60. The Morgan fingerprint density at radius 2 is 1.70 bits per heavy atom. The second-order valence-corrected chi connectivity index (χ2v) is 7.47. The standard InChI is InChI=1S/C17H33N7O5S/c1-9(2)6-11(24-14(26)10(18)4-3-5-21-17(19)20)15(27)22-7-13(25)23-12(8-30)16(28)29/h9-12,30H,3-8,18H2,1-2H3,(H,22,27)(H,23,25)(H,24,26)(H,28,29)(H4,19,20,21). The maximum Gasteiger partial charge on any atom is 0.327 e. The molecule has 0 saturated heterocycles. The maximum absolute atomic E-state index is 12.4. The summed E-state index contributed by atoms with van der Waals surface area (Å²) in [5.74, 6) is -3.06. The topological polar surface area (TPSA) is 215 Å². The van der Waals surface area contributed by atoms with Crippen molar-refractivity contribution in [3.63, 3.8) is 0 Å². The predicted octanol–water partition coefficient (Wildman–Crippen LogP) is -2.49. The summed E-state index contributed by atoms with van der Waals surface area (Å²) in [5.41, 5.74) is 16.3. The van der Waals surface area contributed by atoms with Crippen LogP contribution in [-0.4, -0.2) is 71.7 Å². The van der Waals surface area contributed by atoms with Crippen molar-refractivity contribution in [2.75, 3.05) is 18.8 Å². The smallest absolute Gasteiger partial charge is 0.327 e. The van der Waals surface area contributed by atoms with Crippen LogP contribution in [0.15, 0.2) is 4.99 Å². The molecule has 0 radical (unpaired) electrons. The Morgan fingerprint density at radius 1 is 1.07 bits per heavy atom. The van der Waals surface area contributed by atoms with Crippen LogP contribution in [0.3, 0.4) is 0 Å². The van der Waals surface area contributed by atoms with Gasteiger partial charge in [0.15, 0.2) is 5.96 Å². The maximum atomic E-state index is 12.4. The van der Waals surface area contributed by atoms with Crippen LogP contribution in [0, 0.1) is 5.92 Å². The number of amides is 3. The lowest BCUT2D eigenvalue weighted by atomic mass is 10.0. The van der Waals surface area contributed by atoms with Crippen LogP contribution in [0.4, 0.5) is 0 Å². The lowest BCUT2D eigenvalue weighted by Gasteiger charge is -2.22. The molecule has 0 aliphatic rings. The summed E-state index contributed by atoms with van der Waals surface area (Å²) in [5, 5.41) is 16.1. The number of carbonyl (C=O) groups excluding carboxylic acids is 3. The molecule has 0 bridgehead atoms. The minimum Gasteiger partial charge on any atom is -0.480 e. The van der Waals surface area contributed by atoms with Gasteiger partial charge in [-0.3, -0.25) is 19.4 Å². The number of nitrogens with two attached hydrogens (primary N) is 3. The number of nitrogens with one attached hydrogen (secondary N) is 3. The van der Waals surface area contributed by atoms with Crippen molar-refractivity contribution in [3.8, 4) is 0 Å². The zero-order valence-electron chi connectivity index (χ0n) is 17.3. The van der Waals surface area contributed by atoms with E-state index in [1.54, 1.807) is 0 Å². The van der Waals surface area contributed by atoms with Gasteiger partial charge in [-0.05, 0) is 25.2 Å².